The van der Waals surface area contributed by atoms with E-state index < -0.39 is 0 Å². The summed E-state index contributed by atoms with van der Waals surface area (Å²) in [5.41, 5.74) is 12.9. The molecule has 54 heavy (non-hydrogen) atoms. The summed E-state index contributed by atoms with van der Waals surface area (Å²) in [4.78, 5) is 0. The molecule has 0 bridgehead atoms. The molecular formula is C52H32O2. The highest BCUT2D eigenvalue weighted by Gasteiger charge is 2.23. The molecular weight excluding hydrogens is 657 g/mol. The van der Waals surface area contributed by atoms with Crippen molar-refractivity contribution < 1.29 is 8.83 Å². The molecule has 0 N–H and O–H groups in total. The normalized spacial score (nSPS) is 11.7. The molecule has 11 aromatic rings. The fraction of sp³-hybridized carbons (Fsp3) is 0. The van der Waals surface area contributed by atoms with Crippen LogP contribution < -0.4 is 0 Å². The standard InChI is InChI=1S/C52H32O2/c1-4-14-33(15-5-1)34-24-26-36(27-25-34)47-39-20-10-12-22-41(39)48(42-23-13-11-21-40(42)47)38-28-31-46-45(32-38)43-29-30-44-49(35-16-6-2-7-17-35)50(37-18-8-3-9-19-37)54-52(44)51(43)53-46/h1-32H. The maximum Gasteiger partial charge on any atom is 0.178 e. The van der Waals surface area contributed by atoms with Crippen molar-refractivity contribution in [3.8, 4) is 55.8 Å². The van der Waals surface area contributed by atoms with E-state index >= 15 is 0 Å². The van der Waals surface area contributed by atoms with E-state index in [-0.39, 0.29) is 0 Å². The van der Waals surface area contributed by atoms with Gasteiger partial charge in [0.05, 0.1) is 0 Å². The average Bonchev–Trinajstić information content (AvgIpc) is 3.83. The minimum atomic E-state index is 0.765. The van der Waals surface area contributed by atoms with Crippen LogP contribution in [0.25, 0.3) is 110 Å². The number of benzene rings is 9. The van der Waals surface area contributed by atoms with Gasteiger partial charge >= 0.3 is 0 Å². The quantitative estimate of drug-likeness (QED) is 0.168. The van der Waals surface area contributed by atoms with Gasteiger partial charge < -0.3 is 8.83 Å². The predicted octanol–water partition coefficient (Wildman–Crippen LogP) is 15.0. The number of rotatable bonds is 5. The second-order valence-corrected chi connectivity index (χ2v) is 14.0. The van der Waals surface area contributed by atoms with Gasteiger partial charge in [-0.1, -0.05) is 170 Å². The number of furan rings is 2. The third-order valence-corrected chi connectivity index (χ3v) is 10.9. The number of fused-ring (bicyclic) bond motifs is 7. The lowest BCUT2D eigenvalue weighted by Gasteiger charge is -2.18. The molecule has 2 aromatic heterocycles. The summed E-state index contributed by atoms with van der Waals surface area (Å²) in [6.07, 6.45) is 0. The molecule has 0 aliphatic rings. The molecule has 9 aromatic carbocycles. The topological polar surface area (TPSA) is 26.3 Å². The van der Waals surface area contributed by atoms with Crippen LogP contribution in [0.15, 0.2) is 203 Å². The maximum atomic E-state index is 6.81. The molecule has 2 heterocycles. The van der Waals surface area contributed by atoms with Crippen LogP contribution in [-0.4, -0.2) is 0 Å². The lowest BCUT2D eigenvalue weighted by atomic mass is 9.85. The minimum Gasteiger partial charge on any atom is -0.452 e. The van der Waals surface area contributed by atoms with Gasteiger partial charge in [-0.3, -0.25) is 0 Å². The van der Waals surface area contributed by atoms with E-state index in [0.717, 1.165) is 60.9 Å². The van der Waals surface area contributed by atoms with Crippen LogP contribution >= 0.6 is 0 Å². The van der Waals surface area contributed by atoms with Crippen LogP contribution in [0.3, 0.4) is 0 Å². The second kappa shape index (κ2) is 12.2. The molecule has 2 heteroatoms. The van der Waals surface area contributed by atoms with Crippen LogP contribution in [0.5, 0.6) is 0 Å². The molecule has 2 nitrogen and oxygen atoms in total. The first kappa shape index (κ1) is 30.5. The van der Waals surface area contributed by atoms with Gasteiger partial charge in [0.2, 0.25) is 0 Å². The van der Waals surface area contributed by atoms with Gasteiger partial charge in [-0.05, 0) is 84.8 Å². The van der Waals surface area contributed by atoms with Gasteiger partial charge in [-0.2, -0.15) is 0 Å². The molecule has 0 fully saturated rings. The van der Waals surface area contributed by atoms with E-state index in [0.29, 0.717) is 0 Å². The van der Waals surface area contributed by atoms with E-state index in [1.807, 2.05) is 12.1 Å². The van der Waals surface area contributed by atoms with E-state index in [2.05, 4.69) is 182 Å². The molecule has 252 valence electrons. The molecule has 0 unspecified atom stereocenters. The smallest absolute Gasteiger partial charge is 0.178 e. The molecule has 0 amide bonds. The zero-order chi connectivity index (χ0) is 35.6. The molecule has 0 spiro atoms. The van der Waals surface area contributed by atoms with Crippen molar-refractivity contribution in [3.05, 3.63) is 194 Å². The first-order chi connectivity index (χ1) is 26.8. The van der Waals surface area contributed by atoms with Crippen molar-refractivity contribution >= 4 is 54.5 Å². The van der Waals surface area contributed by atoms with Gasteiger partial charge in [0.1, 0.15) is 11.3 Å². The second-order valence-electron chi connectivity index (χ2n) is 14.0. The van der Waals surface area contributed by atoms with Crippen molar-refractivity contribution in [1.29, 1.82) is 0 Å². The van der Waals surface area contributed by atoms with E-state index in [9.17, 15) is 0 Å². The SMILES string of the molecule is c1ccc(-c2ccc(-c3c4ccccc4c(-c4ccc5oc6c(ccc7c(-c8ccccc8)c(-c8ccccc8)oc76)c5c4)c4ccccc34)cc2)cc1. The lowest BCUT2D eigenvalue weighted by molar-refractivity contribution is 0.612. The van der Waals surface area contributed by atoms with Gasteiger partial charge in [0, 0.05) is 27.3 Å². The van der Waals surface area contributed by atoms with Crippen molar-refractivity contribution in [2.24, 2.45) is 0 Å². The van der Waals surface area contributed by atoms with Crippen LogP contribution in [0.2, 0.25) is 0 Å². The number of hydrogen-bond acceptors (Lipinski definition) is 2. The largest absolute Gasteiger partial charge is 0.452 e. The highest BCUT2D eigenvalue weighted by atomic mass is 16.4. The van der Waals surface area contributed by atoms with Gasteiger partial charge in [-0.15, -0.1) is 0 Å². The first-order valence-corrected chi connectivity index (χ1v) is 18.4. The average molecular weight is 689 g/mol. The van der Waals surface area contributed by atoms with Gasteiger partial charge in [0.25, 0.3) is 0 Å². The maximum absolute atomic E-state index is 6.81. The summed E-state index contributed by atoms with van der Waals surface area (Å²) in [6.45, 7) is 0. The van der Waals surface area contributed by atoms with E-state index in [4.69, 9.17) is 8.83 Å². The molecule has 0 atom stereocenters. The fourth-order valence-corrected chi connectivity index (χ4v) is 8.44. The Balaban J connectivity index is 1.12. The third kappa shape index (κ3) is 4.74. The molecule has 0 radical (unpaired) electrons. The zero-order valence-electron chi connectivity index (χ0n) is 29.3. The summed E-state index contributed by atoms with van der Waals surface area (Å²) in [7, 11) is 0. The first-order valence-electron chi connectivity index (χ1n) is 18.4. The fourth-order valence-electron chi connectivity index (χ4n) is 8.44. The lowest BCUT2D eigenvalue weighted by Crippen LogP contribution is -1.91. The van der Waals surface area contributed by atoms with Crippen molar-refractivity contribution in [2.45, 2.75) is 0 Å². The summed E-state index contributed by atoms with van der Waals surface area (Å²) < 4.78 is 13.5. The van der Waals surface area contributed by atoms with Crippen LogP contribution in [0, 0.1) is 0 Å². The Morgan fingerprint density at radius 3 is 1.28 bits per heavy atom. The molecule has 11 rings (SSSR count). The summed E-state index contributed by atoms with van der Waals surface area (Å²) in [6, 6.07) is 69.1. The van der Waals surface area contributed by atoms with Crippen molar-refractivity contribution in [3.63, 3.8) is 0 Å². The monoisotopic (exact) mass is 688 g/mol. The van der Waals surface area contributed by atoms with Gasteiger partial charge in [-0.25, -0.2) is 0 Å². The highest BCUT2D eigenvalue weighted by Crippen LogP contribution is 2.47. The zero-order valence-corrected chi connectivity index (χ0v) is 29.3. The summed E-state index contributed by atoms with van der Waals surface area (Å²) in [5.74, 6) is 0.846. The minimum absolute atomic E-state index is 0.765. The predicted molar refractivity (Wildman–Crippen MR) is 226 cm³/mol. The summed E-state index contributed by atoms with van der Waals surface area (Å²) >= 11 is 0. The third-order valence-electron chi connectivity index (χ3n) is 10.9. The Labute approximate surface area is 312 Å². The van der Waals surface area contributed by atoms with Gasteiger partial charge in [0.15, 0.2) is 11.2 Å². The molecule has 0 aliphatic heterocycles. The Kier molecular flexibility index (Phi) is 6.90. The molecule has 0 aliphatic carbocycles. The van der Waals surface area contributed by atoms with Crippen LogP contribution in [0.4, 0.5) is 0 Å². The summed E-state index contributed by atoms with van der Waals surface area (Å²) in [5, 5.41) is 8.05. The van der Waals surface area contributed by atoms with Crippen molar-refractivity contribution in [1.82, 2.24) is 0 Å². The van der Waals surface area contributed by atoms with E-state index in [1.165, 1.54) is 49.4 Å². The Morgan fingerprint density at radius 2 is 0.667 bits per heavy atom. The Hall–Kier alpha value is -7.16. The molecule has 0 saturated heterocycles. The molecule has 0 saturated carbocycles. The Bertz CT molecular complexity index is 3110. The van der Waals surface area contributed by atoms with Crippen molar-refractivity contribution in [2.75, 3.05) is 0 Å². The Morgan fingerprint density at radius 1 is 0.241 bits per heavy atom. The highest BCUT2D eigenvalue weighted by molar-refractivity contribution is 6.23. The van der Waals surface area contributed by atoms with Crippen LogP contribution in [-0.2, 0) is 0 Å². The van der Waals surface area contributed by atoms with E-state index in [1.54, 1.807) is 0 Å². The number of hydrogen-bond donors (Lipinski definition) is 0. The van der Waals surface area contributed by atoms with Crippen LogP contribution in [0.1, 0.15) is 0 Å².